The summed E-state index contributed by atoms with van der Waals surface area (Å²) < 4.78 is 6.39. The Kier molecular flexibility index (Phi) is 5.06. The molecule has 0 aliphatic carbocycles. The van der Waals surface area contributed by atoms with Gasteiger partial charge in [-0.2, -0.15) is 0 Å². The van der Waals surface area contributed by atoms with Crippen LogP contribution >= 0.6 is 23.1 Å². The molecule has 1 N–H and O–H groups in total. The van der Waals surface area contributed by atoms with Gasteiger partial charge in [0.15, 0.2) is 0 Å². The highest BCUT2D eigenvalue weighted by Crippen LogP contribution is 2.43. The summed E-state index contributed by atoms with van der Waals surface area (Å²) in [6.45, 7) is 6.28. The van der Waals surface area contributed by atoms with Crippen LogP contribution in [0.5, 0.6) is 5.75 Å². The summed E-state index contributed by atoms with van der Waals surface area (Å²) in [4.78, 5) is 13.9. The maximum atomic E-state index is 11.7. The van der Waals surface area contributed by atoms with Crippen molar-refractivity contribution in [3.8, 4) is 5.75 Å². The molecule has 0 fully saturated rings. The van der Waals surface area contributed by atoms with Crippen molar-refractivity contribution in [2.45, 2.75) is 36.5 Å². The van der Waals surface area contributed by atoms with Gasteiger partial charge in [-0.15, -0.1) is 11.3 Å². The Morgan fingerprint density at radius 2 is 1.88 bits per heavy atom. The molecule has 0 atom stereocenters. The number of methoxy groups -OCH3 is 1. The summed E-state index contributed by atoms with van der Waals surface area (Å²) >= 11 is 2.81. The van der Waals surface area contributed by atoms with Crippen LogP contribution in [0.1, 0.15) is 40.6 Å². The number of hydrogen-bond donors (Lipinski definition) is 1. The molecule has 1 aromatic heterocycles. The molecule has 3 rings (SSSR count). The summed E-state index contributed by atoms with van der Waals surface area (Å²) in [7, 11) is 1.64. The van der Waals surface area contributed by atoms with Crippen molar-refractivity contribution in [1.82, 2.24) is 0 Å². The smallest absolute Gasteiger partial charge is 0.347 e. The van der Waals surface area contributed by atoms with Crippen molar-refractivity contribution in [3.63, 3.8) is 0 Å². The molecular formula is C20H20O3S2. The lowest BCUT2D eigenvalue weighted by Gasteiger charge is -2.08. The fourth-order valence-electron chi connectivity index (χ4n) is 2.70. The number of thiophene rings is 1. The second-order valence-electron chi connectivity index (χ2n) is 6.21. The van der Waals surface area contributed by atoms with Crippen LogP contribution in [-0.2, 0) is 0 Å². The zero-order valence-electron chi connectivity index (χ0n) is 14.6. The van der Waals surface area contributed by atoms with Gasteiger partial charge in [0.05, 0.1) is 7.11 Å². The highest BCUT2D eigenvalue weighted by molar-refractivity contribution is 7.99. The fraction of sp³-hybridized carbons (Fsp3) is 0.250. The molecule has 3 nitrogen and oxygen atoms in total. The largest absolute Gasteiger partial charge is 0.496 e. The predicted octanol–water partition coefficient (Wildman–Crippen LogP) is 6.19. The van der Waals surface area contributed by atoms with E-state index in [9.17, 15) is 9.90 Å². The molecule has 0 aliphatic rings. The van der Waals surface area contributed by atoms with Gasteiger partial charge in [0.2, 0.25) is 0 Å². The van der Waals surface area contributed by atoms with Crippen LogP contribution in [0.2, 0.25) is 0 Å². The molecule has 130 valence electrons. The topological polar surface area (TPSA) is 46.5 Å². The average molecular weight is 373 g/mol. The Morgan fingerprint density at radius 3 is 2.44 bits per heavy atom. The minimum absolute atomic E-state index is 0.376. The second kappa shape index (κ2) is 7.10. The van der Waals surface area contributed by atoms with E-state index in [0.717, 1.165) is 31.2 Å². The van der Waals surface area contributed by atoms with E-state index >= 15 is 0 Å². The first-order chi connectivity index (χ1) is 11.9. The molecule has 0 saturated heterocycles. The van der Waals surface area contributed by atoms with Gasteiger partial charge in [0.1, 0.15) is 10.6 Å². The number of carbonyl (C=O) groups is 1. The highest BCUT2D eigenvalue weighted by Gasteiger charge is 2.20. The Hall–Kier alpha value is -1.98. The van der Waals surface area contributed by atoms with E-state index in [2.05, 4.69) is 38.1 Å². The first-order valence-electron chi connectivity index (χ1n) is 8.03. The molecule has 25 heavy (non-hydrogen) atoms. The third-order valence-electron chi connectivity index (χ3n) is 4.12. The molecule has 0 unspecified atom stereocenters. The van der Waals surface area contributed by atoms with E-state index in [1.807, 2.05) is 19.1 Å². The molecule has 0 aliphatic heterocycles. The number of fused-ring (bicyclic) bond motifs is 1. The SMILES string of the molecule is COc1cc2c(Sc3ccc(C(C)C)cc3)c(C(=O)O)sc2cc1C. The van der Waals surface area contributed by atoms with Crippen molar-refractivity contribution < 1.29 is 14.6 Å². The van der Waals surface area contributed by atoms with Crippen molar-refractivity contribution in [2.24, 2.45) is 0 Å². The van der Waals surface area contributed by atoms with Gasteiger partial charge < -0.3 is 9.84 Å². The molecule has 0 radical (unpaired) electrons. The first-order valence-corrected chi connectivity index (χ1v) is 9.66. The minimum Gasteiger partial charge on any atom is -0.496 e. The predicted molar refractivity (Wildman–Crippen MR) is 105 cm³/mol. The summed E-state index contributed by atoms with van der Waals surface area (Å²) in [6, 6.07) is 12.3. The van der Waals surface area contributed by atoms with Gasteiger partial charge in [-0.3, -0.25) is 0 Å². The molecular weight excluding hydrogens is 352 g/mol. The number of hydrogen-bond acceptors (Lipinski definition) is 4. The molecule has 0 amide bonds. The summed E-state index contributed by atoms with van der Waals surface area (Å²) in [5.41, 5.74) is 2.28. The van der Waals surface area contributed by atoms with E-state index in [1.54, 1.807) is 7.11 Å². The van der Waals surface area contributed by atoms with Crippen LogP contribution in [0.15, 0.2) is 46.2 Å². The number of aromatic carboxylic acids is 1. The number of aryl methyl sites for hydroxylation is 1. The third kappa shape index (κ3) is 3.53. The van der Waals surface area contributed by atoms with Crippen molar-refractivity contribution >= 4 is 39.2 Å². The fourth-order valence-corrected chi connectivity index (χ4v) is 5.00. The van der Waals surface area contributed by atoms with Gasteiger partial charge in [0.25, 0.3) is 0 Å². The number of carboxylic acid groups (broad SMARTS) is 1. The number of rotatable bonds is 5. The number of ether oxygens (including phenoxy) is 1. The first kappa shape index (κ1) is 17.8. The molecule has 5 heteroatoms. The lowest BCUT2D eigenvalue weighted by atomic mass is 10.0. The standard InChI is InChI=1S/C20H20O3S2/c1-11(2)13-5-7-14(8-6-13)24-18-15-10-16(23-4)12(3)9-17(15)25-19(18)20(21)22/h5-11H,1-4H3,(H,21,22). The van der Waals surface area contributed by atoms with Crippen molar-refractivity contribution in [3.05, 3.63) is 52.4 Å². The zero-order chi connectivity index (χ0) is 18.1. The Morgan fingerprint density at radius 1 is 1.20 bits per heavy atom. The number of carboxylic acids is 1. The normalized spacial score (nSPS) is 11.2. The number of benzene rings is 2. The lowest BCUT2D eigenvalue weighted by Crippen LogP contribution is -1.94. The van der Waals surface area contributed by atoms with Crippen LogP contribution in [0.3, 0.4) is 0 Å². The Balaban J connectivity index is 2.09. The molecule has 0 bridgehead atoms. The Labute approximate surface area is 155 Å². The van der Waals surface area contributed by atoms with Crippen LogP contribution in [0.4, 0.5) is 0 Å². The monoisotopic (exact) mass is 372 g/mol. The lowest BCUT2D eigenvalue weighted by molar-refractivity contribution is 0.0699. The zero-order valence-corrected chi connectivity index (χ0v) is 16.3. The maximum Gasteiger partial charge on any atom is 0.347 e. The summed E-state index contributed by atoms with van der Waals surface area (Å²) in [6.07, 6.45) is 0. The van der Waals surface area contributed by atoms with Crippen LogP contribution in [0.25, 0.3) is 10.1 Å². The molecule has 1 heterocycles. The van der Waals surface area contributed by atoms with E-state index in [4.69, 9.17) is 4.74 Å². The second-order valence-corrected chi connectivity index (χ2v) is 8.35. The van der Waals surface area contributed by atoms with Gasteiger partial charge in [-0.05, 0) is 48.2 Å². The molecule has 2 aromatic carbocycles. The van der Waals surface area contributed by atoms with Gasteiger partial charge >= 0.3 is 5.97 Å². The van der Waals surface area contributed by atoms with Crippen LogP contribution in [-0.4, -0.2) is 18.2 Å². The maximum absolute atomic E-state index is 11.7. The quantitative estimate of drug-likeness (QED) is 0.580. The Bertz CT molecular complexity index is 924. The van der Waals surface area contributed by atoms with E-state index in [0.29, 0.717) is 10.8 Å². The highest BCUT2D eigenvalue weighted by atomic mass is 32.2. The van der Waals surface area contributed by atoms with Crippen molar-refractivity contribution in [2.75, 3.05) is 7.11 Å². The summed E-state index contributed by atoms with van der Waals surface area (Å²) in [5, 5.41) is 10.6. The van der Waals surface area contributed by atoms with Crippen LogP contribution in [0, 0.1) is 6.92 Å². The minimum atomic E-state index is -0.890. The van der Waals surface area contributed by atoms with E-state index < -0.39 is 5.97 Å². The van der Waals surface area contributed by atoms with Crippen LogP contribution < -0.4 is 4.74 Å². The van der Waals surface area contributed by atoms with Gasteiger partial charge in [-0.25, -0.2) is 4.79 Å². The molecule has 3 aromatic rings. The van der Waals surface area contributed by atoms with E-state index in [1.165, 1.54) is 28.7 Å². The van der Waals surface area contributed by atoms with Gasteiger partial charge in [0, 0.05) is 19.9 Å². The van der Waals surface area contributed by atoms with Gasteiger partial charge in [-0.1, -0.05) is 37.7 Å². The van der Waals surface area contributed by atoms with E-state index in [-0.39, 0.29) is 0 Å². The molecule has 0 spiro atoms. The third-order valence-corrected chi connectivity index (χ3v) is 6.53. The summed E-state index contributed by atoms with van der Waals surface area (Å²) in [5.74, 6) is 0.362. The average Bonchev–Trinajstić information content (AvgIpc) is 2.92. The van der Waals surface area contributed by atoms with Crippen molar-refractivity contribution in [1.29, 1.82) is 0 Å². The molecule has 0 saturated carbocycles.